The fourth-order valence-electron chi connectivity index (χ4n) is 1.73. The summed E-state index contributed by atoms with van der Waals surface area (Å²) in [7, 11) is 0. The van der Waals surface area contributed by atoms with Gasteiger partial charge < -0.3 is 9.30 Å². The van der Waals surface area contributed by atoms with Crippen molar-refractivity contribution in [1.29, 1.82) is 0 Å². The third-order valence-corrected chi connectivity index (χ3v) is 2.51. The van der Waals surface area contributed by atoms with Crippen molar-refractivity contribution in [3.05, 3.63) is 17.7 Å². The van der Waals surface area contributed by atoms with Crippen LogP contribution in [0.3, 0.4) is 0 Å². The normalized spacial score (nSPS) is 22.3. The van der Waals surface area contributed by atoms with E-state index in [1.165, 1.54) is 0 Å². The van der Waals surface area contributed by atoms with Gasteiger partial charge >= 0.3 is 6.18 Å². The lowest BCUT2D eigenvalue weighted by Gasteiger charge is -2.10. The highest BCUT2D eigenvalue weighted by Crippen LogP contribution is 2.30. The molecule has 0 aliphatic carbocycles. The zero-order valence-electron chi connectivity index (χ0n) is 8.21. The van der Waals surface area contributed by atoms with Gasteiger partial charge in [0.2, 0.25) is 0 Å². The molecule has 1 aromatic rings. The Labute approximate surface area is 84.9 Å². The molecule has 2 heterocycles. The maximum Gasteiger partial charge on any atom is 0.434 e. The van der Waals surface area contributed by atoms with E-state index < -0.39 is 11.9 Å². The quantitative estimate of drug-likeness (QED) is 0.725. The Bertz CT molecular complexity index is 353. The Morgan fingerprint density at radius 3 is 2.73 bits per heavy atom. The summed E-state index contributed by atoms with van der Waals surface area (Å²) in [4.78, 5) is 3.51. The molecule has 1 aliphatic rings. The van der Waals surface area contributed by atoms with E-state index in [1.807, 2.05) is 0 Å². The fraction of sp³-hybridized carbons (Fsp3) is 0.667. The zero-order chi connectivity index (χ0) is 11.1. The van der Waals surface area contributed by atoms with Crippen LogP contribution in [0.15, 0.2) is 6.20 Å². The average molecular weight is 220 g/mol. The van der Waals surface area contributed by atoms with Gasteiger partial charge in [-0.2, -0.15) is 13.2 Å². The van der Waals surface area contributed by atoms with Crippen LogP contribution in [0.2, 0.25) is 0 Å². The molecular formula is C9H11F3N2O. The molecule has 1 aliphatic heterocycles. The summed E-state index contributed by atoms with van der Waals surface area (Å²) < 4.78 is 43.8. The lowest BCUT2D eigenvalue weighted by Crippen LogP contribution is -2.09. The van der Waals surface area contributed by atoms with E-state index in [2.05, 4.69) is 4.98 Å². The van der Waals surface area contributed by atoms with Gasteiger partial charge in [0.1, 0.15) is 5.82 Å². The molecule has 0 spiro atoms. The number of hydrogen-bond acceptors (Lipinski definition) is 2. The van der Waals surface area contributed by atoms with Gasteiger partial charge in [-0.25, -0.2) is 4.98 Å². The van der Waals surface area contributed by atoms with E-state index in [1.54, 1.807) is 11.5 Å². The van der Waals surface area contributed by atoms with Crippen molar-refractivity contribution in [1.82, 2.24) is 9.55 Å². The van der Waals surface area contributed by atoms with Crippen LogP contribution < -0.4 is 0 Å². The number of halogens is 3. The highest BCUT2D eigenvalue weighted by molar-refractivity contribution is 5.08. The number of aryl methyl sites for hydroxylation is 1. The van der Waals surface area contributed by atoms with E-state index in [0.717, 1.165) is 12.6 Å². The number of ether oxygens (including phenoxy) is 1. The van der Waals surface area contributed by atoms with Crippen molar-refractivity contribution in [2.45, 2.75) is 25.6 Å². The molecule has 0 radical (unpaired) electrons. The van der Waals surface area contributed by atoms with E-state index in [-0.39, 0.29) is 6.04 Å². The summed E-state index contributed by atoms with van der Waals surface area (Å²) in [6.45, 7) is 2.64. The Balaban J connectivity index is 2.29. The maximum absolute atomic E-state index is 12.4. The lowest BCUT2D eigenvalue weighted by atomic mass is 10.2. The second kappa shape index (κ2) is 3.52. The molecule has 0 saturated carbocycles. The molecule has 6 heteroatoms. The Morgan fingerprint density at radius 1 is 1.53 bits per heavy atom. The number of imidazole rings is 1. The zero-order valence-corrected chi connectivity index (χ0v) is 8.21. The minimum absolute atomic E-state index is 0.00593. The standard InChI is InChI=1S/C9H11F3N2O/c1-6-13-8(9(10,11)12)4-14(6)7-2-3-15-5-7/h4,7H,2-3,5H2,1H3. The van der Waals surface area contributed by atoms with E-state index in [4.69, 9.17) is 4.74 Å². The first-order valence-electron chi connectivity index (χ1n) is 4.69. The molecule has 1 saturated heterocycles. The summed E-state index contributed by atoms with van der Waals surface area (Å²) in [6, 6.07) is -0.00593. The Kier molecular flexibility index (Phi) is 2.46. The molecule has 2 rings (SSSR count). The number of hydrogen-bond donors (Lipinski definition) is 0. The van der Waals surface area contributed by atoms with Gasteiger partial charge in [-0.05, 0) is 13.3 Å². The smallest absolute Gasteiger partial charge is 0.379 e. The van der Waals surface area contributed by atoms with Crippen LogP contribution in [0, 0.1) is 6.92 Å². The van der Waals surface area contributed by atoms with Crippen molar-refractivity contribution in [2.24, 2.45) is 0 Å². The van der Waals surface area contributed by atoms with E-state index in [9.17, 15) is 13.2 Å². The maximum atomic E-state index is 12.4. The van der Waals surface area contributed by atoms with Gasteiger partial charge in [-0.15, -0.1) is 0 Å². The second-order valence-electron chi connectivity index (χ2n) is 3.60. The third kappa shape index (κ3) is 1.99. The number of rotatable bonds is 1. The SMILES string of the molecule is Cc1nc(C(F)(F)F)cn1C1CCOC1. The molecule has 1 fully saturated rings. The van der Waals surface area contributed by atoms with Crippen LogP contribution in [0.25, 0.3) is 0 Å². The van der Waals surface area contributed by atoms with Gasteiger partial charge in [0.25, 0.3) is 0 Å². The average Bonchev–Trinajstić information content (AvgIpc) is 2.69. The monoisotopic (exact) mass is 220 g/mol. The first kappa shape index (κ1) is 10.5. The van der Waals surface area contributed by atoms with Crippen molar-refractivity contribution >= 4 is 0 Å². The lowest BCUT2D eigenvalue weighted by molar-refractivity contribution is -0.141. The van der Waals surface area contributed by atoms with Crippen LogP contribution in [0.1, 0.15) is 24.0 Å². The first-order chi connectivity index (χ1) is 6.98. The molecule has 0 aromatic carbocycles. The number of nitrogens with zero attached hydrogens (tertiary/aromatic N) is 2. The summed E-state index contributed by atoms with van der Waals surface area (Å²) >= 11 is 0. The molecule has 1 aromatic heterocycles. The van der Waals surface area contributed by atoms with Crippen LogP contribution in [-0.4, -0.2) is 22.8 Å². The molecule has 1 unspecified atom stereocenters. The van der Waals surface area contributed by atoms with Gasteiger partial charge in [-0.1, -0.05) is 0 Å². The summed E-state index contributed by atoms with van der Waals surface area (Å²) in [5.74, 6) is 0.387. The van der Waals surface area contributed by atoms with Crippen LogP contribution >= 0.6 is 0 Å². The largest absolute Gasteiger partial charge is 0.434 e. The summed E-state index contributed by atoms with van der Waals surface area (Å²) in [6.07, 6.45) is -2.56. The molecule has 0 amide bonds. The number of aromatic nitrogens is 2. The molecule has 1 atom stereocenters. The molecule has 84 valence electrons. The van der Waals surface area contributed by atoms with Gasteiger partial charge in [0, 0.05) is 12.8 Å². The minimum atomic E-state index is -4.37. The van der Waals surface area contributed by atoms with Gasteiger partial charge in [0.05, 0.1) is 12.6 Å². The van der Waals surface area contributed by atoms with Crippen molar-refractivity contribution in [3.63, 3.8) is 0 Å². The second-order valence-corrected chi connectivity index (χ2v) is 3.60. The molecule has 15 heavy (non-hydrogen) atoms. The van der Waals surface area contributed by atoms with E-state index in [0.29, 0.717) is 19.0 Å². The molecule has 0 N–H and O–H groups in total. The van der Waals surface area contributed by atoms with Crippen LogP contribution in [-0.2, 0) is 10.9 Å². The highest BCUT2D eigenvalue weighted by atomic mass is 19.4. The predicted molar refractivity (Wildman–Crippen MR) is 46.4 cm³/mol. The predicted octanol–water partition coefficient (Wildman–Crippen LogP) is 2.17. The number of alkyl halides is 3. The van der Waals surface area contributed by atoms with Crippen molar-refractivity contribution in [2.75, 3.05) is 13.2 Å². The summed E-state index contributed by atoms with van der Waals surface area (Å²) in [5.41, 5.74) is -0.827. The third-order valence-electron chi connectivity index (χ3n) is 2.51. The molecule has 0 bridgehead atoms. The van der Waals surface area contributed by atoms with Gasteiger partial charge in [0.15, 0.2) is 5.69 Å². The highest BCUT2D eigenvalue weighted by Gasteiger charge is 2.35. The summed E-state index contributed by atoms with van der Waals surface area (Å²) in [5, 5.41) is 0. The topological polar surface area (TPSA) is 27.1 Å². The van der Waals surface area contributed by atoms with Crippen LogP contribution in [0.4, 0.5) is 13.2 Å². The van der Waals surface area contributed by atoms with Crippen molar-refractivity contribution in [3.8, 4) is 0 Å². The van der Waals surface area contributed by atoms with Gasteiger partial charge in [-0.3, -0.25) is 0 Å². The Hall–Kier alpha value is -1.04. The van der Waals surface area contributed by atoms with E-state index >= 15 is 0 Å². The fourth-order valence-corrected chi connectivity index (χ4v) is 1.73. The molecule has 3 nitrogen and oxygen atoms in total. The Morgan fingerprint density at radius 2 is 2.27 bits per heavy atom. The molecular weight excluding hydrogens is 209 g/mol. The van der Waals surface area contributed by atoms with Crippen molar-refractivity contribution < 1.29 is 17.9 Å². The van der Waals surface area contributed by atoms with Crippen LogP contribution in [0.5, 0.6) is 0 Å². The first-order valence-corrected chi connectivity index (χ1v) is 4.69. The minimum Gasteiger partial charge on any atom is -0.379 e.